The van der Waals surface area contributed by atoms with Gasteiger partial charge < -0.3 is 15.8 Å². The zero-order valence-electron chi connectivity index (χ0n) is 15.6. The van der Waals surface area contributed by atoms with Crippen LogP contribution >= 0.6 is 0 Å². The molecule has 1 aromatic heterocycles. The number of sulfonamides is 1. The summed E-state index contributed by atoms with van der Waals surface area (Å²) in [6, 6.07) is 7.38. The van der Waals surface area contributed by atoms with Crippen molar-refractivity contribution in [3.63, 3.8) is 0 Å². The summed E-state index contributed by atoms with van der Waals surface area (Å²) in [4.78, 5) is 12.6. The van der Waals surface area contributed by atoms with Gasteiger partial charge in [0.15, 0.2) is 12.4 Å². The second kappa shape index (κ2) is 8.83. The minimum Gasteiger partial charge on any atom is -0.619 e. The van der Waals surface area contributed by atoms with Crippen LogP contribution in [0.3, 0.4) is 0 Å². The van der Waals surface area contributed by atoms with Crippen LogP contribution in [0.15, 0.2) is 47.6 Å². The van der Waals surface area contributed by atoms with Crippen molar-refractivity contribution < 1.29 is 17.9 Å². The van der Waals surface area contributed by atoms with E-state index in [2.05, 4.69) is 10.6 Å². The number of hydrogen-bond acceptors (Lipinski definition) is 5. The first-order chi connectivity index (χ1) is 12.8. The maximum atomic E-state index is 12.8. The molecule has 9 heteroatoms. The van der Waals surface area contributed by atoms with E-state index in [1.54, 1.807) is 19.9 Å². The zero-order chi connectivity index (χ0) is 20.0. The Labute approximate surface area is 159 Å². The number of pyridine rings is 1. The van der Waals surface area contributed by atoms with Crippen LogP contribution in [0.25, 0.3) is 0 Å². The average Bonchev–Trinajstić information content (AvgIpc) is 2.64. The number of carbonyl (C=O) groups excluding carboxylic acids is 1. The van der Waals surface area contributed by atoms with E-state index in [9.17, 15) is 18.4 Å². The number of rotatable bonds is 8. The minimum atomic E-state index is -3.65. The molecule has 0 saturated heterocycles. The van der Waals surface area contributed by atoms with Gasteiger partial charge in [0.2, 0.25) is 10.0 Å². The van der Waals surface area contributed by atoms with Gasteiger partial charge in [-0.15, -0.1) is 0 Å². The van der Waals surface area contributed by atoms with E-state index in [4.69, 9.17) is 0 Å². The molecule has 0 spiro atoms. The Bertz CT molecular complexity index is 894. The third-order valence-corrected chi connectivity index (χ3v) is 6.06. The Hall–Kier alpha value is -2.65. The highest BCUT2D eigenvalue weighted by Gasteiger charge is 2.23. The third kappa shape index (κ3) is 4.75. The van der Waals surface area contributed by atoms with E-state index < -0.39 is 15.9 Å². The molecular weight excluding hydrogens is 368 g/mol. The van der Waals surface area contributed by atoms with Gasteiger partial charge in [0.1, 0.15) is 0 Å². The molecule has 0 atom stereocenters. The van der Waals surface area contributed by atoms with Crippen LogP contribution in [0, 0.1) is 5.21 Å². The Balaban J connectivity index is 2.41. The highest BCUT2D eigenvalue weighted by Crippen LogP contribution is 2.27. The fraction of sp³-hybridized carbons (Fsp3) is 0.333. The molecule has 2 N–H and O–H groups in total. The number of nitrogens with zero attached hydrogens (tertiary/aromatic N) is 2. The van der Waals surface area contributed by atoms with Crippen molar-refractivity contribution in [2.75, 3.05) is 30.3 Å². The summed E-state index contributed by atoms with van der Waals surface area (Å²) >= 11 is 0. The van der Waals surface area contributed by atoms with Crippen molar-refractivity contribution in [2.45, 2.75) is 25.7 Å². The van der Waals surface area contributed by atoms with Crippen LogP contribution in [-0.4, -0.2) is 38.3 Å². The number of benzene rings is 1. The monoisotopic (exact) mass is 392 g/mol. The minimum absolute atomic E-state index is 0.105. The number of hydrogen-bond donors (Lipinski definition) is 2. The normalized spacial score (nSPS) is 11.4. The molecule has 27 heavy (non-hydrogen) atoms. The van der Waals surface area contributed by atoms with Gasteiger partial charge in [-0.05, 0) is 25.1 Å². The fourth-order valence-corrected chi connectivity index (χ4v) is 4.09. The lowest BCUT2D eigenvalue weighted by Crippen LogP contribution is -2.30. The van der Waals surface area contributed by atoms with Gasteiger partial charge in [0.25, 0.3) is 5.91 Å². The molecule has 146 valence electrons. The average molecular weight is 392 g/mol. The van der Waals surface area contributed by atoms with Crippen molar-refractivity contribution in [2.24, 2.45) is 0 Å². The standard InChI is InChI=1S/C18H24N4O4S/c1-4-19-16-8-7-15(27(25,26)22(5-2)6-3)13-17(16)20-18(23)14-9-11-21(24)12-10-14/h7-13,19H,4-6H2,1-3H3,(H,20,23). The molecule has 2 rings (SSSR count). The molecular formula is C18H24N4O4S. The quantitative estimate of drug-likeness (QED) is 0.528. The zero-order valence-corrected chi connectivity index (χ0v) is 16.4. The highest BCUT2D eigenvalue weighted by molar-refractivity contribution is 7.89. The SMILES string of the molecule is CCNc1ccc(S(=O)(=O)N(CC)CC)cc1NC(=O)c1cc[n+]([O-])cc1. The summed E-state index contributed by atoms with van der Waals surface area (Å²) < 4.78 is 27.5. The van der Waals surface area contributed by atoms with E-state index in [0.717, 1.165) is 0 Å². The lowest BCUT2D eigenvalue weighted by atomic mass is 10.2. The Kier molecular flexibility index (Phi) is 6.75. The molecule has 2 aromatic rings. The van der Waals surface area contributed by atoms with Crippen LogP contribution < -0.4 is 15.4 Å². The summed E-state index contributed by atoms with van der Waals surface area (Å²) in [7, 11) is -3.65. The maximum absolute atomic E-state index is 12.8. The maximum Gasteiger partial charge on any atom is 0.256 e. The molecule has 0 fully saturated rings. The molecule has 8 nitrogen and oxygen atoms in total. The molecule has 0 aliphatic carbocycles. The van der Waals surface area contributed by atoms with E-state index in [1.807, 2.05) is 6.92 Å². The van der Waals surface area contributed by atoms with Crippen molar-refractivity contribution >= 4 is 27.3 Å². The number of amides is 1. The van der Waals surface area contributed by atoms with Gasteiger partial charge in [-0.2, -0.15) is 9.04 Å². The summed E-state index contributed by atoms with van der Waals surface area (Å²) in [5, 5.41) is 16.9. The van der Waals surface area contributed by atoms with Crippen molar-refractivity contribution in [3.05, 3.63) is 53.5 Å². The first-order valence-electron chi connectivity index (χ1n) is 8.71. The number of anilines is 2. The number of aromatic nitrogens is 1. The van der Waals surface area contributed by atoms with Crippen molar-refractivity contribution in [1.82, 2.24) is 4.31 Å². The van der Waals surface area contributed by atoms with E-state index in [1.165, 1.54) is 41.0 Å². The second-order valence-electron chi connectivity index (χ2n) is 5.73. The summed E-state index contributed by atoms with van der Waals surface area (Å²) in [6.45, 7) is 6.76. The lowest BCUT2D eigenvalue weighted by Gasteiger charge is -2.20. The summed E-state index contributed by atoms with van der Waals surface area (Å²) in [5.41, 5.74) is 1.26. The Morgan fingerprint density at radius 3 is 2.26 bits per heavy atom. The van der Waals surface area contributed by atoms with Gasteiger partial charge in [-0.1, -0.05) is 13.8 Å². The molecule has 0 aliphatic rings. The Morgan fingerprint density at radius 1 is 1.07 bits per heavy atom. The predicted molar refractivity (Wildman–Crippen MR) is 104 cm³/mol. The smallest absolute Gasteiger partial charge is 0.256 e. The molecule has 1 heterocycles. The van der Waals surface area contributed by atoms with Crippen LogP contribution in [0.1, 0.15) is 31.1 Å². The fourth-order valence-electron chi connectivity index (χ4n) is 2.60. The summed E-state index contributed by atoms with van der Waals surface area (Å²) in [5.74, 6) is -0.438. The Morgan fingerprint density at radius 2 is 1.70 bits per heavy atom. The van der Waals surface area contributed by atoms with E-state index in [0.29, 0.717) is 41.3 Å². The van der Waals surface area contributed by atoms with Crippen LogP contribution in [0.4, 0.5) is 11.4 Å². The van der Waals surface area contributed by atoms with Gasteiger partial charge in [-0.3, -0.25) is 4.79 Å². The first-order valence-corrected chi connectivity index (χ1v) is 10.2. The van der Waals surface area contributed by atoms with Crippen molar-refractivity contribution in [3.8, 4) is 0 Å². The molecule has 0 bridgehead atoms. The molecule has 1 aromatic carbocycles. The van der Waals surface area contributed by atoms with E-state index in [-0.39, 0.29) is 4.90 Å². The largest absolute Gasteiger partial charge is 0.619 e. The van der Waals surface area contributed by atoms with Crippen LogP contribution in [0.5, 0.6) is 0 Å². The summed E-state index contributed by atoms with van der Waals surface area (Å²) in [6.07, 6.45) is 2.45. The van der Waals surface area contributed by atoms with E-state index >= 15 is 0 Å². The third-order valence-electron chi connectivity index (χ3n) is 4.01. The molecule has 0 unspecified atom stereocenters. The van der Waals surface area contributed by atoms with Gasteiger partial charge in [0.05, 0.1) is 21.8 Å². The van der Waals surface area contributed by atoms with Crippen LogP contribution in [-0.2, 0) is 10.0 Å². The number of carbonyl (C=O) groups is 1. The highest BCUT2D eigenvalue weighted by atomic mass is 32.2. The van der Waals surface area contributed by atoms with Gasteiger partial charge in [0, 0.05) is 31.8 Å². The predicted octanol–water partition coefficient (Wildman–Crippen LogP) is 2.03. The molecule has 1 amide bonds. The number of nitrogens with one attached hydrogen (secondary N) is 2. The lowest BCUT2D eigenvalue weighted by molar-refractivity contribution is -0.605. The molecule has 0 radical (unpaired) electrons. The molecule has 0 saturated carbocycles. The van der Waals surface area contributed by atoms with Gasteiger partial charge in [-0.25, -0.2) is 8.42 Å². The molecule has 0 aliphatic heterocycles. The topological polar surface area (TPSA) is 105 Å². The van der Waals surface area contributed by atoms with Gasteiger partial charge >= 0.3 is 0 Å². The second-order valence-corrected chi connectivity index (χ2v) is 7.67. The first kappa shape index (κ1) is 20.7. The van der Waals surface area contributed by atoms with Crippen molar-refractivity contribution in [1.29, 1.82) is 0 Å². The van der Waals surface area contributed by atoms with Crippen LogP contribution in [0.2, 0.25) is 0 Å².